The van der Waals surface area contributed by atoms with Crippen LogP contribution in [-0.4, -0.2) is 115 Å². The highest BCUT2D eigenvalue weighted by atomic mass is 35.5. The molecule has 2 aliphatic heterocycles. The largest absolute Gasteiger partial charge is 0.511 e. The van der Waals surface area contributed by atoms with E-state index < -0.39 is 65.2 Å². The number of hydrogen-bond acceptors (Lipinski definition) is 18. The zero-order chi connectivity index (χ0) is 42.8. The van der Waals surface area contributed by atoms with Gasteiger partial charge in [0.25, 0.3) is 10.2 Å². The van der Waals surface area contributed by atoms with Crippen LogP contribution in [0.1, 0.15) is 68.3 Å². The van der Waals surface area contributed by atoms with E-state index in [0.29, 0.717) is 18.1 Å². The Hall–Kier alpha value is -5.97. The number of imidazole rings is 1. The van der Waals surface area contributed by atoms with Crippen LogP contribution >= 0.6 is 11.6 Å². The summed E-state index contributed by atoms with van der Waals surface area (Å²) < 4.78 is 35.4. The Bertz CT molecular complexity index is 2090. The highest BCUT2D eigenvalue weighted by Gasteiger charge is 2.50. The first-order chi connectivity index (χ1) is 28.9. The molecule has 23 heteroatoms. The molecule has 7 atom stereocenters. The number of unbranched alkanes of at least 4 members (excludes halogenated alkanes) is 1. The summed E-state index contributed by atoms with van der Waals surface area (Å²) in [6.45, 7) is 5.08. The molecule has 0 saturated carbocycles. The summed E-state index contributed by atoms with van der Waals surface area (Å²) in [6, 6.07) is 15.5. The minimum atomic E-state index is -1.39. The van der Waals surface area contributed by atoms with E-state index in [9.17, 15) is 29.8 Å². The quantitative estimate of drug-likeness (QED) is 0.0382. The molecule has 2 aromatic heterocycles. The molecule has 6 rings (SSSR count). The lowest BCUT2D eigenvalue weighted by Crippen LogP contribution is -2.36. The van der Waals surface area contributed by atoms with Crippen LogP contribution in [0.2, 0.25) is 5.15 Å². The number of carbonyl (C=O) groups is 2. The van der Waals surface area contributed by atoms with Crippen LogP contribution in [0.15, 0.2) is 48.5 Å². The van der Waals surface area contributed by atoms with E-state index in [2.05, 4.69) is 35.3 Å². The predicted octanol–water partition coefficient (Wildman–Crippen LogP) is 4.94. The van der Waals surface area contributed by atoms with Gasteiger partial charge in [0, 0.05) is 32.1 Å². The van der Waals surface area contributed by atoms with Crippen molar-refractivity contribution in [1.29, 1.82) is 0 Å². The van der Waals surface area contributed by atoms with Gasteiger partial charge in [-0.1, -0.05) is 73.5 Å². The molecule has 2 aromatic carbocycles. The Kier molecular flexibility index (Phi) is 14.8. The third kappa shape index (κ3) is 11.0. The zero-order valence-electron chi connectivity index (χ0n) is 32.7. The number of aromatic nitrogens is 6. The van der Waals surface area contributed by atoms with E-state index in [1.807, 2.05) is 55.5 Å². The molecular formula is C37H43ClN8O14. The average Bonchev–Trinajstić information content (AvgIpc) is 4.02. The topological polar surface area (TPSA) is 267 Å². The van der Waals surface area contributed by atoms with Crippen molar-refractivity contribution in [1.82, 2.24) is 30.2 Å². The van der Waals surface area contributed by atoms with Gasteiger partial charge in [-0.3, -0.25) is 0 Å². The molecule has 4 heterocycles. The third-order valence-corrected chi connectivity index (χ3v) is 10.0. The number of nitrogens with one attached hydrogen (secondary N) is 1. The standard InChI is InChI=1S/C37H43ClN8O14/c1-4-5-12-30-39-34(38)31(44(30)18-23-13-15-24(16-14-23)25-9-6-7-10-26(25)35-40-42-43-41-35)36(47)56-22(3)57-37(48)58-29-20-55-32-28(19-54-33(29)32)53-17-8-11-27(60-46(51)52)21(2)59-45(49)50/h6-7,9-10,13-16,21-22,27-29,32-33H,4-5,8,11-12,17-20H2,1-3H3,(H,40,41,42,43)/t21-,22?,27-,28+,29+,32?,33?/m0/s1. The summed E-state index contributed by atoms with van der Waals surface area (Å²) in [5, 5.41) is 33.7. The van der Waals surface area contributed by atoms with E-state index in [4.69, 9.17) is 40.0 Å². The number of ether oxygens (including phenoxy) is 6. The molecule has 0 spiro atoms. The maximum Gasteiger partial charge on any atom is 0.511 e. The Morgan fingerprint density at radius 1 is 0.967 bits per heavy atom. The van der Waals surface area contributed by atoms with E-state index >= 15 is 0 Å². The molecule has 3 unspecified atom stereocenters. The molecule has 2 saturated heterocycles. The van der Waals surface area contributed by atoms with Gasteiger partial charge in [-0.15, -0.1) is 30.4 Å². The highest BCUT2D eigenvalue weighted by molar-refractivity contribution is 6.32. The monoisotopic (exact) mass is 858 g/mol. The number of nitrogens with zero attached hydrogens (tertiary/aromatic N) is 7. The molecule has 22 nitrogen and oxygen atoms in total. The second-order valence-corrected chi connectivity index (χ2v) is 14.2. The van der Waals surface area contributed by atoms with Crippen LogP contribution < -0.4 is 0 Å². The fourth-order valence-corrected chi connectivity index (χ4v) is 7.21. The van der Waals surface area contributed by atoms with Crippen molar-refractivity contribution in [3.63, 3.8) is 0 Å². The SMILES string of the molecule is CCCCc1nc(Cl)c(C(=O)OC(C)OC(=O)O[C@@H]2COC3C2OC[C@H]3OCCC[C@H](O[N+](=O)[O-])[C@H](C)O[N+](=O)[O-])n1Cc1ccc(-c2ccccc2-c2nn[nH]n2)cc1. The van der Waals surface area contributed by atoms with Crippen molar-refractivity contribution >= 4 is 23.7 Å². The number of aryl methyl sites for hydroxylation is 1. The zero-order valence-corrected chi connectivity index (χ0v) is 33.5. The minimum absolute atomic E-state index is 0.00390. The van der Waals surface area contributed by atoms with Crippen LogP contribution in [0.5, 0.6) is 0 Å². The predicted molar refractivity (Wildman–Crippen MR) is 204 cm³/mol. The highest BCUT2D eigenvalue weighted by Crippen LogP contribution is 2.32. The lowest BCUT2D eigenvalue weighted by molar-refractivity contribution is -0.798. The summed E-state index contributed by atoms with van der Waals surface area (Å²) in [7, 11) is 0. The molecule has 1 N–H and O–H groups in total. The van der Waals surface area contributed by atoms with Crippen LogP contribution in [0.3, 0.4) is 0 Å². The number of tetrazole rings is 1. The first-order valence-corrected chi connectivity index (χ1v) is 19.5. The first-order valence-electron chi connectivity index (χ1n) is 19.1. The van der Waals surface area contributed by atoms with Crippen LogP contribution in [-0.2, 0) is 51.1 Å². The van der Waals surface area contributed by atoms with Crippen molar-refractivity contribution in [2.45, 2.75) is 102 Å². The minimum Gasteiger partial charge on any atom is -0.426 e. The molecule has 4 aromatic rings. The Labute approximate surface area is 346 Å². The number of H-pyrrole nitrogens is 1. The van der Waals surface area contributed by atoms with Gasteiger partial charge in [-0.25, -0.2) is 14.6 Å². The summed E-state index contributed by atoms with van der Waals surface area (Å²) >= 11 is 6.55. The van der Waals surface area contributed by atoms with Gasteiger partial charge < -0.3 is 42.7 Å². The number of aromatic amines is 1. The Balaban J connectivity index is 1.01. The molecule has 0 radical (unpaired) electrons. The van der Waals surface area contributed by atoms with Gasteiger partial charge in [-0.05, 0) is 48.1 Å². The normalized spacial score (nSPS) is 19.8. The number of hydrogen-bond donors (Lipinski definition) is 1. The fraction of sp³-hybridized carbons (Fsp3) is 0.514. The van der Waals surface area contributed by atoms with E-state index in [-0.39, 0.29) is 50.1 Å². The molecule has 322 valence electrons. The second kappa shape index (κ2) is 20.3. The van der Waals surface area contributed by atoms with Gasteiger partial charge in [-0.2, -0.15) is 5.21 Å². The van der Waals surface area contributed by atoms with Crippen molar-refractivity contribution < 1.29 is 57.9 Å². The van der Waals surface area contributed by atoms with E-state index in [1.165, 1.54) is 13.8 Å². The third-order valence-electron chi connectivity index (χ3n) is 9.78. The van der Waals surface area contributed by atoms with Crippen molar-refractivity contribution in [2.24, 2.45) is 0 Å². The van der Waals surface area contributed by atoms with Gasteiger partial charge in [0.2, 0.25) is 12.1 Å². The van der Waals surface area contributed by atoms with Gasteiger partial charge >= 0.3 is 12.1 Å². The van der Waals surface area contributed by atoms with Crippen molar-refractivity contribution in [2.75, 3.05) is 19.8 Å². The fourth-order valence-electron chi connectivity index (χ4n) is 6.93. The number of halogens is 1. The molecule has 0 amide bonds. The molecule has 2 fully saturated rings. The van der Waals surface area contributed by atoms with Crippen LogP contribution in [0.4, 0.5) is 4.79 Å². The maximum atomic E-state index is 13.6. The van der Waals surface area contributed by atoms with E-state index in [0.717, 1.165) is 35.1 Å². The van der Waals surface area contributed by atoms with Gasteiger partial charge in [0.15, 0.2) is 17.0 Å². The van der Waals surface area contributed by atoms with Gasteiger partial charge in [0.05, 0.1) is 13.2 Å². The number of esters is 1. The Morgan fingerprint density at radius 2 is 1.67 bits per heavy atom. The molecule has 0 aliphatic carbocycles. The van der Waals surface area contributed by atoms with E-state index in [1.54, 1.807) is 4.57 Å². The molecule has 0 bridgehead atoms. The first kappa shape index (κ1) is 43.6. The van der Waals surface area contributed by atoms with Crippen molar-refractivity contribution in [3.05, 3.63) is 91.0 Å². The Morgan fingerprint density at radius 3 is 2.35 bits per heavy atom. The maximum absolute atomic E-state index is 13.6. The molecule has 2 aliphatic rings. The van der Waals surface area contributed by atoms with Gasteiger partial charge in [0.1, 0.15) is 36.3 Å². The number of carbonyl (C=O) groups excluding carboxylic acids is 2. The average molecular weight is 859 g/mol. The summed E-state index contributed by atoms with van der Waals surface area (Å²) in [5.41, 5.74) is 3.49. The molecule has 60 heavy (non-hydrogen) atoms. The van der Waals surface area contributed by atoms with Crippen molar-refractivity contribution in [3.8, 4) is 22.5 Å². The van der Waals surface area contributed by atoms with Crippen LogP contribution in [0.25, 0.3) is 22.5 Å². The lowest BCUT2D eigenvalue weighted by atomic mass is 9.98. The lowest BCUT2D eigenvalue weighted by Gasteiger charge is -2.21. The summed E-state index contributed by atoms with van der Waals surface area (Å²) in [6.07, 6.45) is -5.12. The molecular weight excluding hydrogens is 816 g/mol. The number of rotatable bonds is 21. The summed E-state index contributed by atoms with van der Waals surface area (Å²) in [5.74, 6) is 0.197. The smallest absolute Gasteiger partial charge is 0.426 e. The number of benzene rings is 2. The number of fused-ring (bicyclic) bond motifs is 1. The second-order valence-electron chi connectivity index (χ2n) is 13.9. The summed E-state index contributed by atoms with van der Waals surface area (Å²) in [4.78, 5) is 61.3. The van der Waals surface area contributed by atoms with Crippen LogP contribution in [0, 0.1) is 20.2 Å².